The van der Waals surface area contributed by atoms with Gasteiger partial charge in [-0.2, -0.15) is 0 Å². The summed E-state index contributed by atoms with van der Waals surface area (Å²) in [4.78, 5) is 1.11. The van der Waals surface area contributed by atoms with Gasteiger partial charge in [0.05, 0.1) is 6.54 Å². The molecule has 2 heterocycles. The Kier molecular flexibility index (Phi) is 2.95. The SMILES string of the molecule is ClCc1nnc(NCc2ccns2)o1. The second-order valence-electron chi connectivity index (χ2n) is 2.47. The van der Waals surface area contributed by atoms with E-state index >= 15 is 0 Å². The lowest BCUT2D eigenvalue weighted by Gasteiger charge is -1.95. The molecule has 0 spiro atoms. The Hall–Kier alpha value is -1.14. The van der Waals surface area contributed by atoms with Crippen LogP contribution in [-0.2, 0) is 12.4 Å². The smallest absolute Gasteiger partial charge is 0.315 e. The molecule has 0 amide bonds. The molecule has 0 atom stereocenters. The highest BCUT2D eigenvalue weighted by atomic mass is 35.5. The van der Waals surface area contributed by atoms with Crippen LogP contribution >= 0.6 is 23.1 Å². The van der Waals surface area contributed by atoms with E-state index in [1.807, 2.05) is 6.07 Å². The standard InChI is InChI=1S/C7H7ClN4OS/c8-3-6-11-12-7(13-6)9-4-5-1-2-10-14-5/h1-2H,3-4H2,(H,9,12). The summed E-state index contributed by atoms with van der Waals surface area (Å²) >= 11 is 6.93. The van der Waals surface area contributed by atoms with Crippen LogP contribution in [-0.4, -0.2) is 14.6 Å². The molecule has 0 unspecified atom stereocenters. The van der Waals surface area contributed by atoms with Crippen molar-refractivity contribution in [3.8, 4) is 0 Å². The molecule has 0 aliphatic carbocycles. The first-order valence-corrected chi connectivity index (χ1v) is 5.21. The minimum atomic E-state index is 0.231. The third kappa shape index (κ3) is 2.21. The van der Waals surface area contributed by atoms with E-state index in [9.17, 15) is 0 Å². The lowest BCUT2D eigenvalue weighted by Crippen LogP contribution is -1.97. The van der Waals surface area contributed by atoms with Gasteiger partial charge in [0, 0.05) is 11.1 Å². The summed E-state index contributed by atoms with van der Waals surface area (Å²) in [6.07, 6.45) is 1.75. The molecule has 0 fully saturated rings. The van der Waals surface area contributed by atoms with E-state index in [1.165, 1.54) is 11.5 Å². The largest absolute Gasteiger partial charge is 0.407 e. The summed E-state index contributed by atoms with van der Waals surface area (Å²) in [5, 5.41) is 10.4. The van der Waals surface area contributed by atoms with Crippen molar-refractivity contribution in [3.05, 3.63) is 23.0 Å². The highest BCUT2D eigenvalue weighted by molar-refractivity contribution is 7.05. The number of aromatic nitrogens is 3. The van der Waals surface area contributed by atoms with E-state index in [-0.39, 0.29) is 5.88 Å². The maximum Gasteiger partial charge on any atom is 0.315 e. The van der Waals surface area contributed by atoms with Crippen LogP contribution in [0.1, 0.15) is 10.8 Å². The zero-order valence-electron chi connectivity index (χ0n) is 7.11. The first-order valence-electron chi connectivity index (χ1n) is 3.90. The van der Waals surface area contributed by atoms with E-state index in [4.69, 9.17) is 16.0 Å². The molecule has 1 N–H and O–H groups in total. The van der Waals surface area contributed by atoms with Gasteiger partial charge in [0.25, 0.3) is 0 Å². The minimum absolute atomic E-state index is 0.231. The molecular formula is C7H7ClN4OS. The zero-order valence-corrected chi connectivity index (χ0v) is 8.68. The first kappa shape index (κ1) is 9.42. The number of nitrogens with one attached hydrogen (secondary N) is 1. The van der Waals surface area contributed by atoms with Crippen molar-refractivity contribution < 1.29 is 4.42 Å². The number of nitrogens with zero attached hydrogens (tertiary/aromatic N) is 3. The average Bonchev–Trinajstić information content (AvgIpc) is 2.86. The van der Waals surface area contributed by atoms with Crippen molar-refractivity contribution >= 4 is 29.1 Å². The molecule has 74 valence electrons. The Bertz CT molecular complexity index is 388. The Labute approximate surface area is 89.3 Å². The molecule has 0 bridgehead atoms. The Morgan fingerprint density at radius 3 is 3.07 bits per heavy atom. The van der Waals surface area contributed by atoms with Crippen molar-refractivity contribution in [2.45, 2.75) is 12.4 Å². The van der Waals surface area contributed by atoms with Gasteiger partial charge in [0.1, 0.15) is 5.88 Å². The van der Waals surface area contributed by atoms with Crippen LogP contribution in [0.25, 0.3) is 0 Å². The van der Waals surface area contributed by atoms with Crippen molar-refractivity contribution in [1.82, 2.24) is 14.6 Å². The monoisotopic (exact) mass is 230 g/mol. The normalized spacial score (nSPS) is 10.4. The second-order valence-corrected chi connectivity index (χ2v) is 3.65. The summed E-state index contributed by atoms with van der Waals surface area (Å²) in [6, 6.07) is 2.31. The van der Waals surface area contributed by atoms with Crippen molar-refractivity contribution in [2.75, 3.05) is 5.32 Å². The highest BCUT2D eigenvalue weighted by Gasteiger charge is 2.03. The lowest BCUT2D eigenvalue weighted by atomic mass is 10.5. The molecule has 5 nitrogen and oxygen atoms in total. The maximum atomic E-state index is 5.51. The molecule has 2 aromatic rings. The predicted octanol–water partition coefficient (Wildman–Crippen LogP) is 1.88. The Balaban J connectivity index is 1.92. The fourth-order valence-electron chi connectivity index (χ4n) is 0.875. The van der Waals surface area contributed by atoms with Crippen LogP contribution < -0.4 is 5.32 Å². The summed E-state index contributed by atoms with van der Waals surface area (Å²) in [5.74, 6) is 0.647. The quantitative estimate of drug-likeness (QED) is 0.813. The van der Waals surface area contributed by atoms with Gasteiger partial charge >= 0.3 is 6.01 Å². The molecule has 0 aliphatic heterocycles. The molecule has 0 aromatic carbocycles. The van der Waals surface area contributed by atoms with Crippen LogP contribution in [0.5, 0.6) is 0 Å². The van der Waals surface area contributed by atoms with Gasteiger partial charge in [-0.05, 0) is 17.6 Å². The van der Waals surface area contributed by atoms with E-state index in [0.29, 0.717) is 18.5 Å². The topological polar surface area (TPSA) is 63.8 Å². The summed E-state index contributed by atoms with van der Waals surface area (Å²) in [5.41, 5.74) is 0. The van der Waals surface area contributed by atoms with Gasteiger partial charge in [-0.1, -0.05) is 5.10 Å². The minimum Gasteiger partial charge on any atom is -0.407 e. The predicted molar refractivity (Wildman–Crippen MR) is 53.3 cm³/mol. The lowest BCUT2D eigenvalue weighted by molar-refractivity contribution is 0.525. The zero-order chi connectivity index (χ0) is 9.80. The van der Waals surface area contributed by atoms with Gasteiger partial charge < -0.3 is 9.73 Å². The van der Waals surface area contributed by atoms with Crippen LogP contribution in [0, 0.1) is 0 Å². The van der Waals surface area contributed by atoms with Gasteiger partial charge in [0.2, 0.25) is 5.89 Å². The van der Waals surface area contributed by atoms with E-state index < -0.39 is 0 Å². The van der Waals surface area contributed by atoms with Crippen molar-refractivity contribution in [2.24, 2.45) is 0 Å². The fraction of sp³-hybridized carbons (Fsp3) is 0.286. The van der Waals surface area contributed by atoms with Crippen LogP contribution in [0.15, 0.2) is 16.7 Å². The first-order chi connectivity index (χ1) is 6.88. The van der Waals surface area contributed by atoms with Gasteiger partial charge in [-0.15, -0.1) is 16.7 Å². The third-order valence-corrected chi connectivity index (χ3v) is 2.46. The molecule has 7 heteroatoms. The number of hydrogen-bond donors (Lipinski definition) is 1. The molecule has 2 rings (SSSR count). The number of alkyl halides is 1. The van der Waals surface area contributed by atoms with Crippen LogP contribution in [0.4, 0.5) is 6.01 Å². The number of rotatable bonds is 4. The maximum absolute atomic E-state index is 5.51. The molecular weight excluding hydrogens is 224 g/mol. The van der Waals surface area contributed by atoms with E-state index in [0.717, 1.165) is 4.88 Å². The molecule has 0 radical (unpaired) electrons. The summed E-state index contributed by atoms with van der Waals surface area (Å²) in [7, 11) is 0. The third-order valence-electron chi connectivity index (χ3n) is 1.49. The van der Waals surface area contributed by atoms with Gasteiger partial charge in [-0.25, -0.2) is 4.37 Å². The summed E-state index contributed by atoms with van der Waals surface area (Å²) in [6.45, 7) is 0.634. The molecule has 0 saturated heterocycles. The number of hydrogen-bond acceptors (Lipinski definition) is 6. The van der Waals surface area contributed by atoms with Gasteiger partial charge in [0.15, 0.2) is 0 Å². The number of halogens is 1. The fourth-order valence-corrected chi connectivity index (χ4v) is 1.50. The molecule has 2 aromatic heterocycles. The average molecular weight is 231 g/mol. The van der Waals surface area contributed by atoms with Crippen molar-refractivity contribution in [3.63, 3.8) is 0 Å². The second kappa shape index (κ2) is 4.39. The van der Waals surface area contributed by atoms with Crippen LogP contribution in [0.3, 0.4) is 0 Å². The van der Waals surface area contributed by atoms with Crippen molar-refractivity contribution in [1.29, 1.82) is 0 Å². The molecule has 0 saturated carbocycles. The van der Waals surface area contributed by atoms with Gasteiger partial charge in [-0.3, -0.25) is 0 Å². The summed E-state index contributed by atoms with van der Waals surface area (Å²) < 4.78 is 9.12. The van der Waals surface area contributed by atoms with E-state index in [1.54, 1.807) is 6.20 Å². The Morgan fingerprint density at radius 2 is 2.43 bits per heavy atom. The Morgan fingerprint density at radius 1 is 1.50 bits per heavy atom. The molecule has 0 aliphatic rings. The van der Waals surface area contributed by atoms with E-state index in [2.05, 4.69) is 19.9 Å². The molecule has 14 heavy (non-hydrogen) atoms. The number of anilines is 1. The highest BCUT2D eigenvalue weighted by Crippen LogP contribution is 2.10. The van der Waals surface area contributed by atoms with Crippen LogP contribution in [0.2, 0.25) is 0 Å².